The molecule has 8 heteroatoms. The highest BCUT2D eigenvalue weighted by Gasteiger charge is 2.36. The van der Waals surface area contributed by atoms with E-state index in [1.807, 2.05) is 0 Å². The van der Waals surface area contributed by atoms with Crippen LogP contribution in [0.4, 0.5) is 4.39 Å². The molecule has 2 rings (SSSR count). The molecule has 0 spiro atoms. The van der Waals surface area contributed by atoms with Gasteiger partial charge in [0.2, 0.25) is 10.0 Å². The number of carboxylic acid groups (broad SMARTS) is 1. The van der Waals surface area contributed by atoms with Crippen LogP contribution in [0.3, 0.4) is 0 Å². The Kier molecular flexibility index (Phi) is 4.31. The number of sulfonamides is 1. The second-order valence-corrected chi connectivity index (χ2v) is 6.87. The fourth-order valence-electron chi connectivity index (χ4n) is 2.37. The lowest BCUT2D eigenvalue weighted by molar-refractivity contribution is 0.0696. The molecule has 0 bridgehead atoms. The number of benzene rings is 1. The summed E-state index contributed by atoms with van der Waals surface area (Å²) in [6, 6.07) is 2.39. The lowest BCUT2D eigenvalue weighted by Crippen LogP contribution is -2.41. The van der Waals surface area contributed by atoms with Gasteiger partial charge in [-0.25, -0.2) is 17.6 Å². The Hall–Kier alpha value is -1.51. The first-order chi connectivity index (χ1) is 9.75. The van der Waals surface area contributed by atoms with Gasteiger partial charge < -0.3 is 9.84 Å². The number of aromatic carboxylic acids is 1. The zero-order valence-electron chi connectivity index (χ0n) is 11.6. The standard InChI is InChI=1S/C13H16FNO5S/c1-8-11(5-6-20-8)15(2)21(18,19)12-4-3-9(13(16)17)7-10(12)14/h3-4,7-8,11H,5-6H2,1-2H3,(H,16,17). The fourth-order valence-corrected chi connectivity index (χ4v) is 3.86. The van der Waals surface area contributed by atoms with Crippen molar-refractivity contribution >= 4 is 16.0 Å². The highest BCUT2D eigenvalue weighted by atomic mass is 32.2. The molecule has 1 aromatic rings. The van der Waals surface area contributed by atoms with E-state index in [2.05, 4.69) is 0 Å². The number of hydrogen-bond donors (Lipinski definition) is 1. The Morgan fingerprint density at radius 1 is 1.48 bits per heavy atom. The molecular formula is C13H16FNO5S. The van der Waals surface area contributed by atoms with Crippen LogP contribution in [0, 0.1) is 5.82 Å². The first kappa shape index (κ1) is 15.9. The summed E-state index contributed by atoms with van der Waals surface area (Å²) in [5.74, 6) is -2.39. The summed E-state index contributed by atoms with van der Waals surface area (Å²) in [5.41, 5.74) is -0.299. The van der Waals surface area contributed by atoms with Crippen molar-refractivity contribution in [1.82, 2.24) is 4.31 Å². The quantitative estimate of drug-likeness (QED) is 0.905. The Balaban J connectivity index is 2.37. The Bertz CT molecular complexity index is 661. The number of likely N-dealkylation sites (N-methyl/N-ethyl adjacent to an activating group) is 1. The minimum absolute atomic E-state index is 0.272. The van der Waals surface area contributed by atoms with Crippen LogP contribution in [0.15, 0.2) is 23.1 Å². The van der Waals surface area contributed by atoms with Gasteiger partial charge in [-0.05, 0) is 31.5 Å². The van der Waals surface area contributed by atoms with Gasteiger partial charge in [0.05, 0.1) is 17.7 Å². The maximum atomic E-state index is 14.0. The number of nitrogens with zero attached hydrogens (tertiary/aromatic N) is 1. The number of hydrogen-bond acceptors (Lipinski definition) is 4. The van der Waals surface area contributed by atoms with Gasteiger partial charge in [-0.2, -0.15) is 4.31 Å². The number of carbonyl (C=O) groups is 1. The zero-order chi connectivity index (χ0) is 15.8. The summed E-state index contributed by atoms with van der Waals surface area (Å²) in [6.07, 6.45) is 0.261. The molecule has 6 nitrogen and oxygen atoms in total. The molecule has 1 aliphatic rings. The van der Waals surface area contributed by atoms with E-state index in [1.165, 1.54) is 7.05 Å². The van der Waals surface area contributed by atoms with Gasteiger partial charge in [0.15, 0.2) is 0 Å². The maximum Gasteiger partial charge on any atom is 0.335 e. The van der Waals surface area contributed by atoms with Gasteiger partial charge in [-0.3, -0.25) is 0 Å². The van der Waals surface area contributed by atoms with Crippen molar-refractivity contribution in [3.05, 3.63) is 29.6 Å². The predicted molar refractivity (Wildman–Crippen MR) is 72.1 cm³/mol. The van der Waals surface area contributed by atoms with Crippen LogP contribution >= 0.6 is 0 Å². The molecule has 1 aromatic carbocycles. The summed E-state index contributed by atoms with van der Waals surface area (Å²) < 4.78 is 45.3. The molecule has 116 valence electrons. The van der Waals surface area contributed by atoms with Crippen LogP contribution in [0.5, 0.6) is 0 Å². The second kappa shape index (κ2) is 5.70. The van der Waals surface area contributed by atoms with E-state index in [0.29, 0.717) is 19.1 Å². The number of carboxylic acids is 1. The first-order valence-electron chi connectivity index (χ1n) is 6.37. The molecule has 0 amide bonds. The van der Waals surface area contributed by atoms with Crippen molar-refractivity contribution in [3.8, 4) is 0 Å². The topological polar surface area (TPSA) is 83.9 Å². The van der Waals surface area contributed by atoms with Crippen molar-refractivity contribution in [3.63, 3.8) is 0 Å². The number of ether oxygens (including phenoxy) is 1. The molecule has 1 saturated heterocycles. The molecule has 2 unspecified atom stereocenters. The van der Waals surface area contributed by atoms with Crippen LogP contribution in [0.2, 0.25) is 0 Å². The van der Waals surface area contributed by atoms with Crippen LogP contribution in [0.25, 0.3) is 0 Å². The molecule has 0 aromatic heterocycles. The molecule has 2 atom stereocenters. The largest absolute Gasteiger partial charge is 0.478 e. The third kappa shape index (κ3) is 2.92. The Morgan fingerprint density at radius 3 is 2.62 bits per heavy atom. The zero-order valence-corrected chi connectivity index (χ0v) is 12.4. The normalized spacial score (nSPS) is 22.7. The van der Waals surface area contributed by atoms with Gasteiger partial charge in [0.1, 0.15) is 10.7 Å². The van der Waals surface area contributed by atoms with Crippen LogP contribution in [-0.2, 0) is 14.8 Å². The second-order valence-electron chi connectivity index (χ2n) is 4.90. The molecule has 0 radical (unpaired) electrons. The van der Waals surface area contributed by atoms with Crippen molar-refractivity contribution in [1.29, 1.82) is 0 Å². The summed E-state index contributed by atoms with van der Waals surface area (Å²) in [7, 11) is -2.67. The fraction of sp³-hybridized carbons (Fsp3) is 0.462. The summed E-state index contributed by atoms with van der Waals surface area (Å²) in [6.45, 7) is 2.21. The minimum Gasteiger partial charge on any atom is -0.478 e. The van der Waals surface area contributed by atoms with Gasteiger partial charge in [-0.15, -0.1) is 0 Å². The average Bonchev–Trinajstić information content (AvgIpc) is 2.83. The monoisotopic (exact) mass is 317 g/mol. The third-order valence-electron chi connectivity index (χ3n) is 3.64. The number of rotatable bonds is 4. The van der Waals surface area contributed by atoms with Gasteiger partial charge in [-0.1, -0.05) is 0 Å². The van der Waals surface area contributed by atoms with Crippen molar-refractivity contribution in [2.75, 3.05) is 13.7 Å². The molecule has 1 heterocycles. The Morgan fingerprint density at radius 2 is 2.14 bits per heavy atom. The van der Waals surface area contributed by atoms with Crippen molar-refractivity contribution < 1.29 is 27.4 Å². The third-order valence-corrected chi connectivity index (χ3v) is 5.56. The molecule has 1 aliphatic heterocycles. The van der Waals surface area contributed by atoms with E-state index in [4.69, 9.17) is 9.84 Å². The van der Waals surface area contributed by atoms with E-state index >= 15 is 0 Å². The molecule has 0 aliphatic carbocycles. The van der Waals surface area contributed by atoms with E-state index in [0.717, 1.165) is 16.4 Å². The molecule has 0 saturated carbocycles. The van der Waals surface area contributed by atoms with E-state index in [9.17, 15) is 17.6 Å². The SMILES string of the molecule is CC1OCCC1N(C)S(=O)(=O)c1ccc(C(=O)O)cc1F. The lowest BCUT2D eigenvalue weighted by Gasteiger charge is -2.26. The highest BCUT2D eigenvalue weighted by molar-refractivity contribution is 7.89. The average molecular weight is 317 g/mol. The summed E-state index contributed by atoms with van der Waals surface area (Å²) in [5, 5.41) is 8.78. The van der Waals surface area contributed by atoms with E-state index < -0.39 is 26.7 Å². The maximum absolute atomic E-state index is 14.0. The van der Waals surface area contributed by atoms with Gasteiger partial charge >= 0.3 is 5.97 Å². The Labute approximate surface area is 122 Å². The molecule has 1 fully saturated rings. The minimum atomic E-state index is -4.04. The van der Waals surface area contributed by atoms with Crippen LogP contribution in [-0.4, -0.2) is 49.6 Å². The van der Waals surface area contributed by atoms with Crippen LogP contribution in [0.1, 0.15) is 23.7 Å². The van der Waals surface area contributed by atoms with Crippen molar-refractivity contribution in [2.45, 2.75) is 30.4 Å². The van der Waals surface area contributed by atoms with Crippen LogP contribution < -0.4 is 0 Å². The number of halogens is 1. The predicted octanol–water partition coefficient (Wildman–Crippen LogP) is 1.32. The summed E-state index contributed by atoms with van der Waals surface area (Å²) >= 11 is 0. The van der Waals surface area contributed by atoms with Gasteiger partial charge in [0, 0.05) is 13.7 Å². The first-order valence-corrected chi connectivity index (χ1v) is 7.81. The smallest absolute Gasteiger partial charge is 0.335 e. The summed E-state index contributed by atoms with van der Waals surface area (Å²) in [4.78, 5) is 10.2. The van der Waals surface area contributed by atoms with E-state index in [-0.39, 0.29) is 17.7 Å². The van der Waals surface area contributed by atoms with Gasteiger partial charge in [0.25, 0.3) is 0 Å². The molecule has 1 N–H and O–H groups in total. The molecular weight excluding hydrogens is 301 g/mol. The van der Waals surface area contributed by atoms with Crippen molar-refractivity contribution in [2.24, 2.45) is 0 Å². The van der Waals surface area contributed by atoms with E-state index in [1.54, 1.807) is 6.92 Å². The lowest BCUT2D eigenvalue weighted by atomic mass is 10.2. The highest BCUT2D eigenvalue weighted by Crippen LogP contribution is 2.26. The molecule has 21 heavy (non-hydrogen) atoms.